The highest BCUT2D eigenvalue weighted by Crippen LogP contribution is 2.33. The van der Waals surface area contributed by atoms with Gasteiger partial charge in [0, 0.05) is 36.1 Å². The van der Waals surface area contributed by atoms with Gasteiger partial charge in [-0.05, 0) is 38.1 Å². The first kappa shape index (κ1) is 21.7. The fourth-order valence-corrected chi connectivity index (χ4v) is 2.91. The lowest BCUT2D eigenvalue weighted by atomic mass is 10.2. The van der Waals surface area contributed by atoms with Crippen LogP contribution >= 0.6 is 40.1 Å². The summed E-state index contributed by atoms with van der Waals surface area (Å²) >= 11 is 4.97. The Morgan fingerprint density at radius 1 is 1.23 bits per heavy atom. The van der Waals surface area contributed by atoms with Gasteiger partial charge in [-0.2, -0.15) is 0 Å². The van der Waals surface area contributed by atoms with Gasteiger partial charge in [0.2, 0.25) is 5.91 Å². The van der Waals surface area contributed by atoms with Gasteiger partial charge in [-0.15, -0.1) is 24.2 Å². The van der Waals surface area contributed by atoms with E-state index in [1.165, 1.54) is 0 Å². The number of thioether (sulfide) groups is 1. The minimum absolute atomic E-state index is 0. The number of carbonyl (C=O) groups excluding carboxylic acids is 1. The minimum atomic E-state index is -0.500. The fourth-order valence-electron chi connectivity index (χ4n) is 1.62. The molecule has 0 aliphatic heterocycles. The zero-order chi connectivity index (χ0) is 15.7. The van der Waals surface area contributed by atoms with Crippen LogP contribution < -0.4 is 10.6 Å². The van der Waals surface area contributed by atoms with Crippen molar-refractivity contribution in [1.29, 1.82) is 0 Å². The lowest BCUT2D eigenvalue weighted by Crippen LogP contribution is -2.42. The lowest BCUT2D eigenvalue weighted by Gasteiger charge is -2.23. The Balaban J connectivity index is 0.00000441. The Morgan fingerprint density at radius 3 is 2.45 bits per heavy atom. The number of rotatable bonds is 9. The number of hydrogen-bond donors (Lipinski definition) is 2. The first-order valence-electron chi connectivity index (χ1n) is 6.88. The van der Waals surface area contributed by atoms with Crippen molar-refractivity contribution >= 4 is 46.0 Å². The van der Waals surface area contributed by atoms with Crippen LogP contribution in [0.25, 0.3) is 0 Å². The fraction of sp³-hybridized carbons (Fsp3) is 0.533. The SMILES string of the molecule is COCCNCCNC(=O)C(C)(C)Sc1ccc(Br)cc1.Cl. The molecular formula is C15H24BrClN2O2S. The molecule has 0 fully saturated rings. The van der Waals surface area contributed by atoms with Gasteiger partial charge in [-0.3, -0.25) is 4.79 Å². The number of amides is 1. The molecule has 1 aromatic carbocycles. The van der Waals surface area contributed by atoms with E-state index in [2.05, 4.69) is 26.6 Å². The molecule has 0 heterocycles. The quantitative estimate of drug-likeness (QED) is 0.484. The summed E-state index contributed by atoms with van der Waals surface area (Å²) in [5.41, 5.74) is 0. The van der Waals surface area contributed by atoms with Crippen LogP contribution in [-0.4, -0.2) is 44.0 Å². The molecule has 0 aliphatic rings. The van der Waals surface area contributed by atoms with E-state index in [-0.39, 0.29) is 18.3 Å². The van der Waals surface area contributed by atoms with Crippen molar-refractivity contribution < 1.29 is 9.53 Å². The molecule has 126 valence electrons. The van der Waals surface area contributed by atoms with E-state index in [0.29, 0.717) is 13.2 Å². The molecule has 0 radical (unpaired) electrons. The van der Waals surface area contributed by atoms with Crippen molar-refractivity contribution in [1.82, 2.24) is 10.6 Å². The Bertz CT molecular complexity index is 444. The van der Waals surface area contributed by atoms with Crippen molar-refractivity contribution in [3.8, 4) is 0 Å². The maximum Gasteiger partial charge on any atom is 0.236 e. The molecule has 0 aromatic heterocycles. The van der Waals surface area contributed by atoms with Crippen molar-refractivity contribution in [2.45, 2.75) is 23.5 Å². The molecule has 0 atom stereocenters. The topological polar surface area (TPSA) is 50.4 Å². The van der Waals surface area contributed by atoms with Crippen molar-refractivity contribution in [3.63, 3.8) is 0 Å². The van der Waals surface area contributed by atoms with E-state index >= 15 is 0 Å². The summed E-state index contributed by atoms with van der Waals surface area (Å²) in [6.07, 6.45) is 0. The van der Waals surface area contributed by atoms with Gasteiger partial charge in [0.25, 0.3) is 0 Å². The average Bonchev–Trinajstić information content (AvgIpc) is 2.44. The Morgan fingerprint density at radius 2 is 1.86 bits per heavy atom. The molecule has 0 spiro atoms. The maximum atomic E-state index is 12.2. The predicted octanol–water partition coefficient (Wildman–Crippen LogP) is 3.09. The number of methoxy groups -OCH3 is 1. The van der Waals surface area contributed by atoms with E-state index < -0.39 is 4.75 Å². The third-order valence-electron chi connectivity index (χ3n) is 2.80. The maximum absolute atomic E-state index is 12.2. The van der Waals surface area contributed by atoms with Gasteiger partial charge in [-0.1, -0.05) is 15.9 Å². The second kappa shape index (κ2) is 11.3. The van der Waals surface area contributed by atoms with Crippen LogP contribution in [0.4, 0.5) is 0 Å². The zero-order valence-corrected chi connectivity index (χ0v) is 16.4. The predicted molar refractivity (Wildman–Crippen MR) is 99.1 cm³/mol. The number of nitrogens with one attached hydrogen (secondary N) is 2. The van der Waals surface area contributed by atoms with Crippen LogP contribution in [0.3, 0.4) is 0 Å². The highest BCUT2D eigenvalue weighted by Gasteiger charge is 2.28. The third-order valence-corrected chi connectivity index (χ3v) is 4.54. The first-order valence-corrected chi connectivity index (χ1v) is 8.49. The highest BCUT2D eigenvalue weighted by atomic mass is 79.9. The van der Waals surface area contributed by atoms with E-state index in [0.717, 1.165) is 22.5 Å². The smallest absolute Gasteiger partial charge is 0.236 e. The summed E-state index contributed by atoms with van der Waals surface area (Å²) in [6.45, 7) is 6.71. The number of halogens is 2. The third kappa shape index (κ3) is 8.39. The largest absolute Gasteiger partial charge is 0.383 e. The van der Waals surface area contributed by atoms with Crippen LogP contribution in [-0.2, 0) is 9.53 Å². The summed E-state index contributed by atoms with van der Waals surface area (Å²) < 4.78 is 5.48. The molecule has 0 saturated heterocycles. The molecule has 0 saturated carbocycles. The summed E-state index contributed by atoms with van der Waals surface area (Å²) in [6, 6.07) is 7.98. The highest BCUT2D eigenvalue weighted by molar-refractivity contribution is 9.10. The van der Waals surface area contributed by atoms with Crippen LogP contribution in [0.15, 0.2) is 33.6 Å². The molecule has 0 unspecified atom stereocenters. The molecule has 4 nitrogen and oxygen atoms in total. The van der Waals surface area contributed by atoms with Gasteiger partial charge >= 0.3 is 0 Å². The second-order valence-corrected chi connectivity index (χ2v) is 7.68. The minimum Gasteiger partial charge on any atom is -0.383 e. The standard InChI is InChI=1S/C15H23BrN2O2S.ClH/c1-15(2,21-13-6-4-12(16)5-7-13)14(19)18-9-8-17-10-11-20-3;/h4-7,17H,8-11H2,1-3H3,(H,18,19);1H. The molecule has 22 heavy (non-hydrogen) atoms. The average molecular weight is 412 g/mol. The van der Waals surface area contributed by atoms with Crippen LogP contribution in [0, 0.1) is 0 Å². The van der Waals surface area contributed by atoms with Crippen LogP contribution in [0.5, 0.6) is 0 Å². The van der Waals surface area contributed by atoms with E-state index in [1.807, 2.05) is 38.1 Å². The lowest BCUT2D eigenvalue weighted by molar-refractivity contribution is -0.122. The Hall–Kier alpha value is -0.270. The second-order valence-electron chi connectivity index (χ2n) is 5.06. The van der Waals surface area contributed by atoms with Gasteiger partial charge in [-0.25, -0.2) is 0 Å². The number of ether oxygens (including phenoxy) is 1. The van der Waals surface area contributed by atoms with Gasteiger partial charge in [0.1, 0.15) is 0 Å². The zero-order valence-electron chi connectivity index (χ0n) is 13.1. The molecule has 7 heteroatoms. The summed E-state index contributed by atoms with van der Waals surface area (Å²) in [4.78, 5) is 13.3. The number of hydrogen-bond acceptors (Lipinski definition) is 4. The molecule has 2 N–H and O–H groups in total. The number of benzene rings is 1. The van der Waals surface area contributed by atoms with Crippen LogP contribution in [0.2, 0.25) is 0 Å². The Kier molecular flexibility index (Phi) is 11.2. The molecule has 1 aromatic rings. The monoisotopic (exact) mass is 410 g/mol. The van der Waals surface area contributed by atoms with Crippen molar-refractivity contribution in [3.05, 3.63) is 28.7 Å². The van der Waals surface area contributed by atoms with E-state index in [4.69, 9.17) is 4.74 Å². The molecule has 0 bridgehead atoms. The van der Waals surface area contributed by atoms with Gasteiger partial charge in [0.15, 0.2) is 0 Å². The summed E-state index contributed by atoms with van der Waals surface area (Å²) in [5, 5.41) is 6.16. The van der Waals surface area contributed by atoms with Crippen molar-refractivity contribution in [2.24, 2.45) is 0 Å². The van der Waals surface area contributed by atoms with Gasteiger partial charge < -0.3 is 15.4 Å². The Labute approximate surface area is 151 Å². The molecule has 0 aliphatic carbocycles. The molecular weight excluding hydrogens is 388 g/mol. The summed E-state index contributed by atoms with van der Waals surface area (Å²) in [5.74, 6) is 0.0453. The normalized spacial score (nSPS) is 10.9. The molecule has 1 rings (SSSR count). The van der Waals surface area contributed by atoms with Gasteiger partial charge in [0.05, 0.1) is 11.4 Å². The summed E-state index contributed by atoms with van der Waals surface area (Å²) in [7, 11) is 1.67. The van der Waals surface area contributed by atoms with Crippen molar-refractivity contribution in [2.75, 3.05) is 33.4 Å². The molecule has 1 amide bonds. The van der Waals surface area contributed by atoms with Crippen LogP contribution in [0.1, 0.15) is 13.8 Å². The number of carbonyl (C=O) groups is 1. The first-order chi connectivity index (χ1) is 9.95. The van der Waals surface area contributed by atoms with E-state index in [9.17, 15) is 4.79 Å². The van der Waals surface area contributed by atoms with E-state index in [1.54, 1.807) is 18.9 Å².